The van der Waals surface area contributed by atoms with Crippen LogP contribution in [-0.2, 0) is 17.5 Å². The van der Waals surface area contributed by atoms with Gasteiger partial charge in [-0.25, -0.2) is 4.68 Å². The third kappa shape index (κ3) is 5.23. The molecule has 3 aromatic rings. The summed E-state index contributed by atoms with van der Waals surface area (Å²) in [6.45, 7) is 3.01. The number of aryl methyl sites for hydroxylation is 1. The lowest BCUT2D eigenvalue weighted by Gasteiger charge is -2.14. The number of benzene rings is 2. The molecular weight excluding hydrogens is 467 g/mol. The van der Waals surface area contributed by atoms with Crippen LogP contribution in [0.1, 0.15) is 32.9 Å². The maximum Gasteiger partial charge on any atom is 0.416 e. The number of alkyl halides is 3. The highest BCUT2D eigenvalue weighted by Crippen LogP contribution is 2.38. The second-order valence-corrected chi connectivity index (χ2v) is 7.55. The number of methoxy groups -OCH3 is 3. The molecule has 0 spiro atoms. The van der Waals surface area contributed by atoms with Crippen LogP contribution in [0.15, 0.2) is 36.4 Å². The van der Waals surface area contributed by atoms with Gasteiger partial charge in [-0.05, 0) is 49.7 Å². The van der Waals surface area contributed by atoms with Gasteiger partial charge in [-0.15, -0.1) is 0 Å². The number of ether oxygens (including phenoxy) is 3. The maximum absolute atomic E-state index is 13.1. The number of rotatable bonds is 8. The number of hydrogen-bond donors (Lipinski definition) is 1. The van der Waals surface area contributed by atoms with Crippen LogP contribution in [0.2, 0.25) is 0 Å². The number of amides is 1. The van der Waals surface area contributed by atoms with Gasteiger partial charge in [0.05, 0.1) is 49.5 Å². The zero-order valence-corrected chi connectivity index (χ0v) is 19.7. The molecule has 0 saturated carbocycles. The molecule has 1 amide bonds. The van der Waals surface area contributed by atoms with E-state index in [2.05, 4.69) is 10.4 Å². The van der Waals surface area contributed by atoms with Gasteiger partial charge in [-0.3, -0.25) is 9.59 Å². The summed E-state index contributed by atoms with van der Waals surface area (Å²) in [6.07, 6.45) is -4.53. The lowest BCUT2D eigenvalue weighted by atomic mass is 10.1. The molecule has 0 aliphatic rings. The first kappa shape index (κ1) is 25.6. The molecule has 1 N–H and O–H groups in total. The highest BCUT2D eigenvalue weighted by molar-refractivity contribution is 6.43. The number of halogens is 3. The first-order valence-electron chi connectivity index (χ1n) is 10.4. The van der Waals surface area contributed by atoms with Crippen LogP contribution in [-0.4, -0.2) is 42.8 Å². The molecule has 0 fully saturated rings. The molecule has 0 atom stereocenters. The van der Waals surface area contributed by atoms with Gasteiger partial charge in [-0.1, -0.05) is 6.07 Å². The largest absolute Gasteiger partial charge is 0.493 e. The average Bonchev–Trinajstić information content (AvgIpc) is 3.14. The van der Waals surface area contributed by atoms with Crippen molar-refractivity contribution in [1.29, 1.82) is 0 Å². The fourth-order valence-corrected chi connectivity index (χ4v) is 3.65. The van der Waals surface area contributed by atoms with Crippen LogP contribution < -0.4 is 19.5 Å². The van der Waals surface area contributed by atoms with Crippen molar-refractivity contribution in [1.82, 2.24) is 15.1 Å². The molecule has 0 radical (unpaired) electrons. The highest BCUT2D eigenvalue weighted by Gasteiger charge is 2.31. The molecule has 2 aromatic carbocycles. The van der Waals surface area contributed by atoms with Gasteiger partial charge in [0.1, 0.15) is 0 Å². The molecule has 3 rings (SSSR count). The van der Waals surface area contributed by atoms with Gasteiger partial charge in [0.25, 0.3) is 11.7 Å². The van der Waals surface area contributed by atoms with Gasteiger partial charge in [-0.2, -0.15) is 18.3 Å². The Morgan fingerprint density at radius 3 is 2.17 bits per heavy atom. The van der Waals surface area contributed by atoms with Crippen molar-refractivity contribution in [3.05, 3.63) is 64.5 Å². The fourth-order valence-electron chi connectivity index (χ4n) is 3.65. The summed E-state index contributed by atoms with van der Waals surface area (Å²) < 4.78 is 56.4. The number of carbonyl (C=O) groups excluding carboxylic acids is 2. The van der Waals surface area contributed by atoms with Gasteiger partial charge >= 0.3 is 6.18 Å². The van der Waals surface area contributed by atoms with E-state index in [1.54, 1.807) is 12.1 Å². The SMILES string of the molecule is COc1cc(CNC(=O)C(=O)c2c(C)nn(-c3cccc(C(F)(F)F)c3)c2C)cc(OC)c1OC. The number of nitrogens with zero attached hydrogens (tertiary/aromatic N) is 2. The van der Waals surface area contributed by atoms with Crippen LogP contribution in [0.4, 0.5) is 13.2 Å². The molecule has 0 bridgehead atoms. The van der Waals surface area contributed by atoms with Crippen LogP contribution >= 0.6 is 0 Å². The Kier molecular flexibility index (Phi) is 7.37. The average molecular weight is 491 g/mol. The number of aromatic nitrogens is 2. The second kappa shape index (κ2) is 10.1. The van der Waals surface area contributed by atoms with Gasteiger partial charge < -0.3 is 19.5 Å². The van der Waals surface area contributed by atoms with Gasteiger partial charge in [0.15, 0.2) is 11.5 Å². The number of ketones is 1. The van der Waals surface area contributed by atoms with Gasteiger partial charge in [0, 0.05) is 6.54 Å². The molecule has 0 aliphatic carbocycles. The Morgan fingerprint density at radius 1 is 1.00 bits per heavy atom. The molecule has 35 heavy (non-hydrogen) atoms. The van der Waals surface area contributed by atoms with Crippen molar-refractivity contribution >= 4 is 11.7 Å². The zero-order valence-electron chi connectivity index (χ0n) is 19.7. The lowest BCUT2D eigenvalue weighted by Crippen LogP contribution is -2.31. The Morgan fingerprint density at radius 2 is 1.63 bits per heavy atom. The monoisotopic (exact) mass is 491 g/mol. The summed E-state index contributed by atoms with van der Waals surface area (Å²) in [5.74, 6) is -0.596. The Labute approximate surface area is 199 Å². The first-order chi connectivity index (χ1) is 16.5. The van der Waals surface area contributed by atoms with E-state index in [1.165, 1.54) is 52.0 Å². The van der Waals surface area contributed by atoms with Crippen LogP contribution in [0.3, 0.4) is 0 Å². The summed E-state index contributed by atoms with van der Waals surface area (Å²) >= 11 is 0. The van der Waals surface area contributed by atoms with Crippen LogP contribution in [0.25, 0.3) is 5.69 Å². The maximum atomic E-state index is 13.1. The van der Waals surface area contributed by atoms with Crippen LogP contribution in [0, 0.1) is 13.8 Å². The molecular formula is C24H24F3N3O5. The molecule has 186 valence electrons. The molecule has 0 aliphatic heterocycles. The van der Waals surface area contributed by atoms with E-state index in [4.69, 9.17) is 14.2 Å². The minimum atomic E-state index is -4.53. The fraction of sp³-hybridized carbons (Fsp3) is 0.292. The Bertz CT molecular complexity index is 1240. The van der Waals surface area contributed by atoms with Crippen molar-refractivity contribution in [2.24, 2.45) is 0 Å². The van der Waals surface area contributed by atoms with E-state index >= 15 is 0 Å². The topological polar surface area (TPSA) is 91.7 Å². The summed E-state index contributed by atoms with van der Waals surface area (Å²) in [5.41, 5.74) is 0.344. The van der Waals surface area contributed by atoms with E-state index < -0.39 is 23.4 Å². The highest BCUT2D eigenvalue weighted by atomic mass is 19.4. The Balaban J connectivity index is 1.83. The van der Waals surface area contributed by atoms with E-state index in [0.29, 0.717) is 22.8 Å². The third-order valence-corrected chi connectivity index (χ3v) is 5.32. The van der Waals surface area contributed by atoms with E-state index in [9.17, 15) is 22.8 Å². The van der Waals surface area contributed by atoms with Crippen LogP contribution in [0.5, 0.6) is 17.2 Å². The third-order valence-electron chi connectivity index (χ3n) is 5.32. The van der Waals surface area contributed by atoms with Crippen molar-refractivity contribution in [2.75, 3.05) is 21.3 Å². The number of carbonyl (C=O) groups is 2. The molecule has 0 saturated heterocycles. The second-order valence-electron chi connectivity index (χ2n) is 7.55. The van der Waals surface area contributed by atoms with Crippen molar-refractivity contribution in [2.45, 2.75) is 26.6 Å². The Hall–Kier alpha value is -4.02. The molecule has 1 aromatic heterocycles. The van der Waals surface area contributed by atoms with E-state index in [-0.39, 0.29) is 29.2 Å². The number of Topliss-reactive ketones (excluding diaryl/α,β-unsaturated/α-hetero) is 1. The summed E-state index contributed by atoms with van der Waals surface area (Å²) in [5, 5.41) is 6.73. The van der Waals surface area contributed by atoms with Crippen molar-refractivity contribution < 1.29 is 37.0 Å². The van der Waals surface area contributed by atoms with Crippen molar-refractivity contribution in [3.8, 4) is 22.9 Å². The number of nitrogens with one attached hydrogen (secondary N) is 1. The minimum Gasteiger partial charge on any atom is -0.493 e. The lowest BCUT2D eigenvalue weighted by molar-refractivity contribution is -0.137. The molecule has 0 unspecified atom stereocenters. The molecule has 8 nitrogen and oxygen atoms in total. The molecule has 11 heteroatoms. The van der Waals surface area contributed by atoms with E-state index in [0.717, 1.165) is 12.1 Å². The summed E-state index contributed by atoms with van der Waals surface area (Å²) in [6, 6.07) is 7.83. The smallest absolute Gasteiger partial charge is 0.416 e. The standard InChI is InChI=1S/C24H24F3N3O5/c1-13-20(14(2)30(29-13)17-8-6-7-16(11-17)24(25,26)27)21(31)23(32)28-12-15-9-18(33-3)22(35-5)19(10-15)34-4/h6-11H,12H2,1-5H3,(H,28,32). The van der Waals surface area contributed by atoms with Crippen molar-refractivity contribution in [3.63, 3.8) is 0 Å². The quantitative estimate of drug-likeness (QED) is 0.378. The first-order valence-corrected chi connectivity index (χ1v) is 10.4. The summed E-state index contributed by atoms with van der Waals surface area (Å²) in [7, 11) is 4.37. The zero-order chi connectivity index (χ0) is 25.9. The van der Waals surface area contributed by atoms with E-state index in [1.807, 2.05) is 0 Å². The minimum absolute atomic E-state index is 0.0128. The predicted molar refractivity (Wildman–Crippen MR) is 120 cm³/mol. The predicted octanol–water partition coefficient (Wildman–Crippen LogP) is 4.03. The molecule has 1 heterocycles. The number of hydrogen-bond acceptors (Lipinski definition) is 6. The normalized spacial score (nSPS) is 11.2. The van der Waals surface area contributed by atoms with Gasteiger partial charge in [0.2, 0.25) is 5.75 Å². The summed E-state index contributed by atoms with van der Waals surface area (Å²) in [4.78, 5) is 25.6.